The fourth-order valence-electron chi connectivity index (χ4n) is 3.52. The quantitative estimate of drug-likeness (QED) is 0.284. The van der Waals surface area contributed by atoms with Gasteiger partial charge < -0.3 is 0 Å². The van der Waals surface area contributed by atoms with Crippen molar-refractivity contribution >= 4 is 35.4 Å². The summed E-state index contributed by atoms with van der Waals surface area (Å²) in [6, 6.07) is 17.8. The Hall–Kier alpha value is -2.51. The molecule has 4 aromatic rings. The summed E-state index contributed by atoms with van der Waals surface area (Å²) in [5.74, 6) is 0.777. The minimum Gasteiger partial charge on any atom is -0.283 e. The number of rotatable bonds is 7. The Morgan fingerprint density at radius 3 is 2.38 bits per heavy atom. The Balaban J connectivity index is 1.69. The minimum atomic E-state index is 0.510. The molecular weight excluding hydrogens is 461 g/mol. The SMILES string of the molecule is CCc1ccc(-n2c(-c3ccncc3)nn(CN(C)Cc3ccc(Cl)cc3Cl)c2=S)cc1. The Kier molecular flexibility index (Phi) is 7.06. The lowest BCUT2D eigenvalue weighted by Crippen LogP contribution is -2.22. The van der Waals surface area contributed by atoms with Crippen LogP contribution in [0.2, 0.25) is 10.0 Å². The second-order valence-corrected chi connectivity index (χ2v) is 8.80. The summed E-state index contributed by atoms with van der Waals surface area (Å²) in [5, 5.41) is 6.14. The third kappa shape index (κ3) is 4.94. The highest BCUT2D eigenvalue weighted by Crippen LogP contribution is 2.24. The van der Waals surface area contributed by atoms with E-state index >= 15 is 0 Å². The van der Waals surface area contributed by atoms with Crippen molar-refractivity contribution < 1.29 is 0 Å². The summed E-state index contributed by atoms with van der Waals surface area (Å²) in [4.78, 5) is 6.24. The Labute approximate surface area is 202 Å². The lowest BCUT2D eigenvalue weighted by atomic mass is 10.1. The summed E-state index contributed by atoms with van der Waals surface area (Å²) in [7, 11) is 2.01. The van der Waals surface area contributed by atoms with E-state index in [1.807, 2.05) is 40.6 Å². The molecule has 164 valence electrons. The van der Waals surface area contributed by atoms with Crippen molar-refractivity contribution in [3.05, 3.63) is 92.9 Å². The molecule has 0 saturated carbocycles. The molecule has 0 fully saturated rings. The van der Waals surface area contributed by atoms with Crippen LogP contribution in [0.5, 0.6) is 0 Å². The molecule has 8 heteroatoms. The topological polar surface area (TPSA) is 38.9 Å². The number of pyridine rings is 1. The Bertz CT molecular complexity index is 1270. The molecule has 0 amide bonds. The average molecular weight is 484 g/mol. The maximum atomic E-state index is 6.36. The van der Waals surface area contributed by atoms with Crippen molar-refractivity contribution in [3.8, 4) is 17.1 Å². The third-order valence-electron chi connectivity index (χ3n) is 5.21. The van der Waals surface area contributed by atoms with Crippen LogP contribution in [0.1, 0.15) is 18.1 Å². The van der Waals surface area contributed by atoms with E-state index in [4.69, 9.17) is 40.5 Å². The zero-order valence-corrected chi connectivity index (χ0v) is 20.2. The second kappa shape index (κ2) is 9.96. The van der Waals surface area contributed by atoms with E-state index in [-0.39, 0.29) is 0 Å². The number of benzene rings is 2. The first kappa shape index (κ1) is 22.7. The highest BCUT2D eigenvalue weighted by molar-refractivity contribution is 7.71. The maximum Gasteiger partial charge on any atom is 0.204 e. The molecule has 4 rings (SSSR count). The fourth-order valence-corrected chi connectivity index (χ4v) is 4.28. The van der Waals surface area contributed by atoms with Crippen molar-refractivity contribution in [1.82, 2.24) is 24.2 Å². The van der Waals surface area contributed by atoms with E-state index in [2.05, 4.69) is 41.1 Å². The van der Waals surface area contributed by atoms with Crippen LogP contribution in [0.4, 0.5) is 0 Å². The van der Waals surface area contributed by atoms with E-state index in [0.29, 0.717) is 28.0 Å². The molecule has 0 aliphatic carbocycles. The molecule has 5 nitrogen and oxygen atoms in total. The van der Waals surface area contributed by atoms with Crippen LogP contribution in [0, 0.1) is 4.77 Å². The molecule has 0 aliphatic heterocycles. The molecule has 0 atom stereocenters. The number of nitrogens with zero attached hydrogens (tertiary/aromatic N) is 5. The first-order valence-corrected chi connectivity index (χ1v) is 11.4. The predicted molar refractivity (Wildman–Crippen MR) is 133 cm³/mol. The van der Waals surface area contributed by atoms with Gasteiger partial charge in [0, 0.05) is 40.2 Å². The molecule has 0 unspecified atom stereocenters. The standard InChI is InChI=1S/C24H23Cl2N5S/c1-3-17-4-8-21(9-5-17)31-23(18-10-12-27-13-11-18)28-30(24(31)32)16-29(2)15-19-6-7-20(25)14-22(19)26/h4-14H,3,15-16H2,1-2H3. The normalized spacial score (nSPS) is 11.3. The largest absolute Gasteiger partial charge is 0.283 e. The third-order valence-corrected chi connectivity index (χ3v) is 6.19. The van der Waals surface area contributed by atoms with Gasteiger partial charge in [0.1, 0.15) is 0 Å². The number of halogens is 2. The van der Waals surface area contributed by atoms with Crippen LogP contribution in [0.15, 0.2) is 67.0 Å². The first-order chi connectivity index (χ1) is 15.5. The van der Waals surface area contributed by atoms with Gasteiger partial charge in [-0.3, -0.25) is 14.5 Å². The van der Waals surface area contributed by atoms with Crippen LogP contribution >= 0.6 is 35.4 Å². The molecule has 2 heterocycles. The zero-order chi connectivity index (χ0) is 22.7. The number of aryl methyl sites for hydroxylation is 1. The Morgan fingerprint density at radius 2 is 1.72 bits per heavy atom. The van der Waals surface area contributed by atoms with Gasteiger partial charge in [0.2, 0.25) is 4.77 Å². The van der Waals surface area contributed by atoms with Crippen LogP contribution < -0.4 is 0 Å². The molecule has 0 radical (unpaired) electrons. The molecule has 2 aromatic carbocycles. The van der Waals surface area contributed by atoms with E-state index < -0.39 is 0 Å². The van der Waals surface area contributed by atoms with Crippen LogP contribution in [0.3, 0.4) is 0 Å². The number of hydrogen-bond donors (Lipinski definition) is 0. The summed E-state index contributed by atoms with van der Waals surface area (Å²) < 4.78 is 4.46. The molecule has 0 aliphatic rings. The number of hydrogen-bond acceptors (Lipinski definition) is 4. The lowest BCUT2D eigenvalue weighted by Gasteiger charge is -2.17. The zero-order valence-electron chi connectivity index (χ0n) is 17.9. The van der Waals surface area contributed by atoms with Crippen LogP contribution in [-0.4, -0.2) is 31.3 Å². The van der Waals surface area contributed by atoms with Gasteiger partial charge in [-0.05, 0) is 73.2 Å². The monoisotopic (exact) mass is 483 g/mol. The van der Waals surface area contributed by atoms with Crippen LogP contribution in [0.25, 0.3) is 17.1 Å². The molecule has 0 saturated heterocycles. The van der Waals surface area contributed by atoms with E-state index in [1.165, 1.54) is 5.56 Å². The first-order valence-electron chi connectivity index (χ1n) is 10.3. The van der Waals surface area contributed by atoms with Gasteiger partial charge in [0.05, 0.1) is 6.67 Å². The van der Waals surface area contributed by atoms with Gasteiger partial charge in [-0.25, -0.2) is 4.68 Å². The summed E-state index contributed by atoms with van der Waals surface area (Å²) >= 11 is 18.2. The second-order valence-electron chi connectivity index (χ2n) is 7.59. The van der Waals surface area contributed by atoms with Crippen LogP contribution in [-0.2, 0) is 19.6 Å². The van der Waals surface area contributed by atoms with Crippen molar-refractivity contribution in [2.75, 3.05) is 7.05 Å². The Morgan fingerprint density at radius 1 is 1.00 bits per heavy atom. The van der Waals surface area contributed by atoms with Gasteiger partial charge in [-0.15, -0.1) is 5.10 Å². The van der Waals surface area contributed by atoms with E-state index in [9.17, 15) is 0 Å². The number of aromatic nitrogens is 4. The predicted octanol–water partition coefficient (Wildman–Crippen LogP) is 6.42. The van der Waals surface area contributed by atoms with Gasteiger partial charge in [0.25, 0.3) is 0 Å². The van der Waals surface area contributed by atoms with Gasteiger partial charge in [-0.2, -0.15) is 0 Å². The highest BCUT2D eigenvalue weighted by Gasteiger charge is 2.16. The lowest BCUT2D eigenvalue weighted by molar-refractivity contribution is 0.244. The highest BCUT2D eigenvalue weighted by atomic mass is 35.5. The van der Waals surface area contributed by atoms with Gasteiger partial charge >= 0.3 is 0 Å². The average Bonchev–Trinajstić information content (AvgIpc) is 3.12. The van der Waals surface area contributed by atoms with E-state index in [0.717, 1.165) is 29.1 Å². The van der Waals surface area contributed by atoms with Crippen molar-refractivity contribution in [2.24, 2.45) is 0 Å². The summed E-state index contributed by atoms with van der Waals surface area (Å²) in [6.45, 7) is 3.29. The van der Waals surface area contributed by atoms with E-state index in [1.54, 1.807) is 18.5 Å². The smallest absolute Gasteiger partial charge is 0.204 e. The summed E-state index contributed by atoms with van der Waals surface area (Å²) in [6.07, 6.45) is 4.51. The minimum absolute atomic E-state index is 0.510. The van der Waals surface area contributed by atoms with Crippen molar-refractivity contribution in [3.63, 3.8) is 0 Å². The molecule has 2 aromatic heterocycles. The maximum absolute atomic E-state index is 6.36. The van der Waals surface area contributed by atoms with Crippen molar-refractivity contribution in [1.29, 1.82) is 0 Å². The molecule has 0 spiro atoms. The van der Waals surface area contributed by atoms with Gasteiger partial charge in [0.15, 0.2) is 5.82 Å². The molecule has 32 heavy (non-hydrogen) atoms. The molecule has 0 bridgehead atoms. The summed E-state index contributed by atoms with van der Waals surface area (Å²) in [5.41, 5.74) is 4.20. The van der Waals surface area contributed by atoms with Gasteiger partial charge in [-0.1, -0.05) is 48.3 Å². The molecule has 0 N–H and O–H groups in total. The molecular formula is C24H23Cl2N5S. The fraction of sp³-hybridized carbons (Fsp3) is 0.208. The van der Waals surface area contributed by atoms with Crippen molar-refractivity contribution in [2.45, 2.75) is 26.6 Å².